The van der Waals surface area contributed by atoms with Crippen molar-refractivity contribution in [3.63, 3.8) is 0 Å². The Bertz CT molecular complexity index is 513. The fraction of sp³-hybridized carbons (Fsp3) is 0.562. The minimum Gasteiger partial charge on any atom is -0.370 e. The summed E-state index contributed by atoms with van der Waals surface area (Å²) in [6.45, 7) is 2.80. The van der Waals surface area contributed by atoms with E-state index in [1.165, 1.54) is 19.3 Å². The molecule has 7 heteroatoms. The zero-order chi connectivity index (χ0) is 15.8. The maximum atomic E-state index is 10.6. The van der Waals surface area contributed by atoms with E-state index >= 15 is 0 Å². The molecule has 2 N–H and O–H groups in total. The number of hydrogen-bond acceptors (Lipinski definition) is 3. The van der Waals surface area contributed by atoms with Crippen molar-refractivity contribution >= 4 is 35.6 Å². The van der Waals surface area contributed by atoms with Gasteiger partial charge in [-0.05, 0) is 44.1 Å². The molecule has 2 rings (SSSR count). The first-order valence-corrected chi connectivity index (χ1v) is 7.95. The van der Waals surface area contributed by atoms with Crippen LogP contribution in [0.2, 0.25) is 0 Å². The average molecular weight is 432 g/mol. The van der Waals surface area contributed by atoms with E-state index in [1.54, 1.807) is 12.1 Å². The number of nitrogens with zero attached hydrogens (tertiary/aromatic N) is 3. The molecule has 0 unspecified atom stereocenters. The number of guanidine groups is 1. The highest BCUT2D eigenvalue weighted by atomic mass is 127. The number of piperidine rings is 1. The van der Waals surface area contributed by atoms with Gasteiger partial charge >= 0.3 is 0 Å². The Morgan fingerprint density at radius 3 is 2.43 bits per heavy atom. The quantitative estimate of drug-likeness (QED) is 0.187. The van der Waals surface area contributed by atoms with Crippen molar-refractivity contribution in [2.75, 3.05) is 19.6 Å². The topological polar surface area (TPSA) is 84.8 Å². The normalized spacial score (nSPS) is 15.1. The summed E-state index contributed by atoms with van der Waals surface area (Å²) in [7, 11) is 0. The molecule has 0 aliphatic carbocycles. The highest BCUT2D eigenvalue weighted by Gasteiger charge is 2.11. The number of non-ortho nitro benzene ring substituents is 1. The van der Waals surface area contributed by atoms with Gasteiger partial charge in [0.1, 0.15) is 0 Å². The third-order valence-electron chi connectivity index (χ3n) is 3.97. The first kappa shape index (κ1) is 19.7. The van der Waals surface area contributed by atoms with Crippen LogP contribution >= 0.6 is 24.0 Å². The minimum atomic E-state index is -0.373. The molecule has 0 amide bonds. The fourth-order valence-corrected chi connectivity index (χ4v) is 2.64. The predicted molar refractivity (Wildman–Crippen MR) is 103 cm³/mol. The molecule has 1 heterocycles. The molecule has 0 bridgehead atoms. The van der Waals surface area contributed by atoms with Crippen molar-refractivity contribution in [1.29, 1.82) is 0 Å². The smallest absolute Gasteiger partial charge is 0.269 e. The van der Waals surface area contributed by atoms with Gasteiger partial charge in [0, 0.05) is 31.8 Å². The van der Waals surface area contributed by atoms with Crippen LogP contribution in [-0.2, 0) is 6.42 Å². The Morgan fingerprint density at radius 1 is 1.17 bits per heavy atom. The van der Waals surface area contributed by atoms with Crippen LogP contribution in [0.15, 0.2) is 29.3 Å². The molecule has 0 spiro atoms. The van der Waals surface area contributed by atoms with E-state index in [2.05, 4.69) is 9.89 Å². The van der Waals surface area contributed by atoms with Crippen molar-refractivity contribution in [2.24, 2.45) is 10.7 Å². The number of rotatable bonds is 6. The maximum Gasteiger partial charge on any atom is 0.269 e. The SMILES string of the molecule is I.NC(=NCCCCc1ccc([N+](=O)[O-])cc1)N1CCCCC1. The summed E-state index contributed by atoms with van der Waals surface area (Å²) in [5.41, 5.74) is 7.26. The lowest BCUT2D eigenvalue weighted by molar-refractivity contribution is -0.384. The van der Waals surface area contributed by atoms with Gasteiger partial charge in [-0.1, -0.05) is 12.1 Å². The second kappa shape index (κ2) is 10.4. The number of likely N-dealkylation sites (tertiary alicyclic amines) is 1. The molecule has 128 valence electrons. The van der Waals surface area contributed by atoms with E-state index in [4.69, 9.17) is 5.73 Å². The Labute approximate surface area is 154 Å². The number of aryl methyl sites for hydroxylation is 1. The summed E-state index contributed by atoms with van der Waals surface area (Å²) in [6, 6.07) is 6.76. The van der Waals surface area contributed by atoms with Gasteiger partial charge in [-0.25, -0.2) is 0 Å². The summed E-state index contributed by atoms with van der Waals surface area (Å²) in [6.07, 6.45) is 6.60. The second-order valence-electron chi connectivity index (χ2n) is 5.67. The Kier molecular flexibility index (Phi) is 8.90. The van der Waals surface area contributed by atoms with E-state index in [0.717, 1.165) is 44.5 Å². The third-order valence-corrected chi connectivity index (χ3v) is 3.97. The number of benzene rings is 1. The van der Waals surface area contributed by atoms with E-state index in [-0.39, 0.29) is 34.6 Å². The highest BCUT2D eigenvalue weighted by molar-refractivity contribution is 14.0. The molecular formula is C16H25IN4O2. The number of aliphatic imine (C=N–C) groups is 1. The summed E-state index contributed by atoms with van der Waals surface area (Å²) in [5, 5.41) is 10.6. The number of halogens is 1. The van der Waals surface area contributed by atoms with Crippen molar-refractivity contribution in [2.45, 2.75) is 38.5 Å². The number of nitrogens with two attached hydrogens (primary N) is 1. The zero-order valence-corrected chi connectivity index (χ0v) is 15.6. The third kappa shape index (κ3) is 6.72. The van der Waals surface area contributed by atoms with Crippen LogP contribution in [-0.4, -0.2) is 35.4 Å². The number of hydrogen-bond donors (Lipinski definition) is 1. The molecule has 23 heavy (non-hydrogen) atoms. The van der Waals surface area contributed by atoms with Gasteiger partial charge in [-0.2, -0.15) is 0 Å². The van der Waals surface area contributed by atoms with Crippen LogP contribution in [0.25, 0.3) is 0 Å². The molecule has 6 nitrogen and oxygen atoms in total. The summed E-state index contributed by atoms with van der Waals surface area (Å²) in [4.78, 5) is 16.8. The standard InChI is InChI=1S/C16H24N4O2.HI/c17-16(19-12-4-1-5-13-19)18-11-3-2-6-14-7-9-15(10-8-14)20(21)22;/h7-10H,1-6,11-13H2,(H2,17,18);1H. The van der Waals surface area contributed by atoms with Crippen molar-refractivity contribution < 1.29 is 4.92 Å². The molecule has 0 atom stereocenters. The van der Waals surface area contributed by atoms with E-state index in [9.17, 15) is 10.1 Å². The van der Waals surface area contributed by atoms with Crippen LogP contribution in [0.3, 0.4) is 0 Å². The van der Waals surface area contributed by atoms with Gasteiger partial charge in [-0.3, -0.25) is 15.1 Å². The molecule has 0 radical (unpaired) electrons. The van der Waals surface area contributed by atoms with Crippen molar-refractivity contribution in [3.05, 3.63) is 39.9 Å². The first-order chi connectivity index (χ1) is 10.7. The van der Waals surface area contributed by atoms with Gasteiger partial charge in [0.25, 0.3) is 5.69 Å². The lowest BCUT2D eigenvalue weighted by Crippen LogP contribution is -2.40. The van der Waals surface area contributed by atoms with Gasteiger partial charge in [0.2, 0.25) is 0 Å². The van der Waals surface area contributed by atoms with Crippen LogP contribution < -0.4 is 5.73 Å². The lowest BCUT2D eigenvalue weighted by atomic mass is 10.1. The highest BCUT2D eigenvalue weighted by Crippen LogP contribution is 2.13. The number of nitro benzene ring substituents is 1. The molecule has 1 saturated heterocycles. The van der Waals surface area contributed by atoms with E-state index < -0.39 is 0 Å². The van der Waals surface area contributed by atoms with Gasteiger partial charge in [-0.15, -0.1) is 24.0 Å². The Morgan fingerprint density at radius 2 is 1.83 bits per heavy atom. The summed E-state index contributed by atoms with van der Waals surface area (Å²) < 4.78 is 0. The second-order valence-corrected chi connectivity index (χ2v) is 5.67. The van der Waals surface area contributed by atoms with E-state index in [1.807, 2.05) is 12.1 Å². The van der Waals surface area contributed by atoms with Gasteiger partial charge in [0.15, 0.2) is 5.96 Å². The number of unbranched alkanes of at least 4 members (excludes halogenated alkanes) is 1. The largest absolute Gasteiger partial charge is 0.370 e. The van der Waals surface area contributed by atoms with Crippen molar-refractivity contribution in [3.8, 4) is 0 Å². The fourth-order valence-electron chi connectivity index (χ4n) is 2.64. The first-order valence-electron chi connectivity index (χ1n) is 7.95. The Hall–Kier alpha value is -1.38. The summed E-state index contributed by atoms with van der Waals surface area (Å²) >= 11 is 0. The molecule has 1 aliphatic rings. The van der Waals surface area contributed by atoms with E-state index in [0.29, 0.717) is 5.96 Å². The maximum absolute atomic E-state index is 10.6. The van der Waals surface area contributed by atoms with Crippen molar-refractivity contribution in [1.82, 2.24) is 4.90 Å². The monoisotopic (exact) mass is 432 g/mol. The molecule has 0 aromatic heterocycles. The Balaban J connectivity index is 0.00000264. The molecular weight excluding hydrogens is 407 g/mol. The minimum absolute atomic E-state index is 0. The van der Waals surface area contributed by atoms with Crippen LogP contribution in [0.4, 0.5) is 5.69 Å². The summed E-state index contributed by atoms with van der Waals surface area (Å²) in [5.74, 6) is 0.676. The van der Waals surface area contributed by atoms with Gasteiger partial charge in [0.05, 0.1) is 4.92 Å². The lowest BCUT2D eigenvalue weighted by Gasteiger charge is -2.27. The predicted octanol–water partition coefficient (Wildman–Crippen LogP) is 3.34. The van der Waals surface area contributed by atoms with Crippen LogP contribution in [0.5, 0.6) is 0 Å². The molecule has 1 aromatic carbocycles. The van der Waals surface area contributed by atoms with Crippen LogP contribution in [0, 0.1) is 10.1 Å². The molecule has 1 fully saturated rings. The molecule has 1 aromatic rings. The van der Waals surface area contributed by atoms with Gasteiger partial charge < -0.3 is 10.6 Å². The zero-order valence-electron chi connectivity index (χ0n) is 13.3. The molecule has 0 saturated carbocycles. The molecule has 1 aliphatic heterocycles. The van der Waals surface area contributed by atoms with Crippen LogP contribution in [0.1, 0.15) is 37.7 Å². The average Bonchev–Trinajstić information content (AvgIpc) is 2.55. The number of nitro groups is 1.